The summed E-state index contributed by atoms with van der Waals surface area (Å²) in [4.78, 5) is 28.2. The molecule has 0 saturated carbocycles. The van der Waals surface area contributed by atoms with Crippen molar-refractivity contribution in [2.45, 2.75) is 32.2 Å². The maximum atomic E-state index is 12.2. The molecule has 2 aromatic rings. The van der Waals surface area contributed by atoms with Gasteiger partial charge >= 0.3 is 6.03 Å². The fourth-order valence-electron chi connectivity index (χ4n) is 3.49. The standard InChI is InChI=1S/C20H28N4O3/c1-14-12-15-13-16(4-6-18(15)27-14)22-20(26)21-9-8-17-5-7-19(25)24(17)11-10-23(2)3/h4,6,12-13,17H,5,7-11H2,1-3H3,(H2,21,22,26)/t17-/m0/s1. The molecule has 3 rings (SSSR count). The van der Waals surface area contributed by atoms with E-state index in [0.717, 1.165) is 48.3 Å². The minimum absolute atomic E-state index is 0.211. The summed E-state index contributed by atoms with van der Waals surface area (Å²) < 4.78 is 5.54. The van der Waals surface area contributed by atoms with Gasteiger partial charge < -0.3 is 24.9 Å². The van der Waals surface area contributed by atoms with Gasteiger partial charge in [-0.3, -0.25) is 4.79 Å². The van der Waals surface area contributed by atoms with Gasteiger partial charge in [0.2, 0.25) is 5.91 Å². The SMILES string of the molecule is Cc1cc2cc(NC(=O)NCC[C@@H]3CCC(=O)N3CCN(C)C)ccc2o1. The second kappa shape index (κ2) is 8.43. The highest BCUT2D eigenvalue weighted by Crippen LogP contribution is 2.23. The average molecular weight is 372 g/mol. The van der Waals surface area contributed by atoms with Crippen LogP contribution in [0.15, 0.2) is 28.7 Å². The quantitative estimate of drug-likeness (QED) is 0.783. The Bertz CT molecular complexity index is 815. The Hall–Kier alpha value is -2.54. The number of urea groups is 1. The Morgan fingerprint density at radius 1 is 1.33 bits per heavy atom. The smallest absolute Gasteiger partial charge is 0.319 e. The van der Waals surface area contributed by atoms with E-state index in [1.165, 1.54) is 0 Å². The second-order valence-electron chi connectivity index (χ2n) is 7.36. The Labute approximate surface area is 159 Å². The molecule has 1 atom stereocenters. The number of hydrogen-bond donors (Lipinski definition) is 2. The van der Waals surface area contributed by atoms with Gasteiger partial charge in [0.1, 0.15) is 11.3 Å². The predicted octanol–water partition coefficient (Wildman–Crippen LogP) is 2.81. The summed E-state index contributed by atoms with van der Waals surface area (Å²) in [6, 6.07) is 7.48. The van der Waals surface area contributed by atoms with Crippen molar-refractivity contribution in [3.05, 3.63) is 30.0 Å². The molecule has 0 unspecified atom stereocenters. The number of benzene rings is 1. The van der Waals surface area contributed by atoms with E-state index in [1.807, 2.05) is 50.2 Å². The molecular formula is C20H28N4O3. The number of likely N-dealkylation sites (N-methyl/N-ethyl adjacent to an activating group) is 1. The van der Waals surface area contributed by atoms with Gasteiger partial charge in [0.05, 0.1) is 0 Å². The van der Waals surface area contributed by atoms with E-state index in [-0.39, 0.29) is 18.0 Å². The molecule has 0 bridgehead atoms. The van der Waals surface area contributed by atoms with E-state index in [9.17, 15) is 9.59 Å². The average Bonchev–Trinajstić information content (AvgIpc) is 3.14. The maximum Gasteiger partial charge on any atom is 0.319 e. The van der Waals surface area contributed by atoms with Crippen molar-refractivity contribution in [1.82, 2.24) is 15.1 Å². The summed E-state index contributed by atoms with van der Waals surface area (Å²) in [5.74, 6) is 1.06. The molecule has 3 amide bonds. The predicted molar refractivity (Wildman–Crippen MR) is 106 cm³/mol. The molecular weight excluding hydrogens is 344 g/mol. The van der Waals surface area contributed by atoms with Gasteiger partial charge in [-0.15, -0.1) is 0 Å². The van der Waals surface area contributed by atoms with Crippen LogP contribution in [0.2, 0.25) is 0 Å². The van der Waals surface area contributed by atoms with Crippen LogP contribution < -0.4 is 10.6 Å². The van der Waals surface area contributed by atoms with Crippen molar-refractivity contribution >= 4 is 28.6 Å². The van der Waals surface area contributed by atoms with E-state index in [0.29, 0.717) is 13.0 Å². The van der Waals surface area contributed by atoms with Crippen molar-refractivity contribution in [2.75, 3.05) is 39.0 Å². The molecule has 1 saturated heterocycles. The number of nitrogens with zero attached hydrogens (tertiary/aromatic N) is 2. The molecule has 0 spiro atoms. The van der Waals surface area contributed by atoms with Gasteiger partial charge in [-0.25, -0.2) is 4.79 Å². The fraction of sp³-hybridized carbons (Fsp3) is 0.500. The number of aryl methyl sites for hydroxylation is 1. The van der Waals surface area contributed by atoms with Gasteiger partial charge in [0, 0.05) is 43.2 Å². The number of amides is 3. The molecule has 7 heteroatoms. The van der Waals surface area contributed by atoms with Gasteiger partial charge in [-0.1, -0.05) is 0 Å². The number of fused-ring (bicyclic) bond motifs is 1. The minimum atomic E-state index is -0.237. The van der Waals surface area contributed by atoms with Crippen LogP contribution in [0.3, 0.4) is 0 Å². The third kappa shape index (κ3) is 5.01. The normalized spacial score (nSPS) is 17.1. The van der Waals surface area contributed by atoms with E-state index in [4.69, 9.17) is 4.42 Å². The summed E-state index contributed by atoms with van der Waals surface area (Å²) in [5, 5.41) is 6.70. The lowest BCUT2D eigenvalue weighted by Gasteiger charge is -2.26. The van der Waals surface area contributed by atoms with Crippen LogP contribution in [0.25, 0.3) is 11.0 Å². The molecule has 1 aliphatic rings. The third-order valence-electron chi connectivity index (χ3n) is 4.90. The van der Waals surface area contributed by atoms with Crippen molar-refractivity contribution in [2.24, 2.45) is 0 Å². The van der Waals surface area contributed by atoms with E-state index < -0.39 is 0 Å². The van der Waals surface area contributed by atoms with Gasteiger partial charge in [0.25, 0.3) is 0 Å². The zero-order valence-electron chi connectivity index (χ0n) is 16.2. The van der Waals surface area contributed by atoms with Crippen LogP contribution in [-0.2, 0) is 4.79 Å². The molecule has 1 fully saturated rings. The van der Waals surface area contributed by atoms with Crippen LogP contribution in [-0.4, -0.2) is 61.5 Å². The topological polar surface area (TPSA) is 77.8 Å². The Kier molecular flexibility index (Phi) is 6.01. The first kappa shape index (κ1) is 19.2. The van der Waals surface area contributed by atoms with Crippen molar-refractivity contribution < 1.29 is 14.0 Å². The first-order chi connectivity index (χ1) is 12.9. The Balaban J connectivity index is 1.46. The fourth-order valence-corrected chi connectivity index (χ4v) is 3.49. The first-order valence-corrected chi connectivity index (χ1v) is 9.41. The molecule has 1 aromatic heterocycles. The van der Waals surface area contributed by atoms with Crippen LogP contribution in [0.1, 0.15) is 25.0 Å². The highest BCUT2D eigenvalue weighted by atomic mass is 16.3. The number of carbonyl (C=O) groups excluding carboxylic acids is 2. The van der Waals surface area contributed by atoms with Crippen molar-refractivity contribution in [3.63, 3.8) is 0 Å². The number of anilines is 1. The van der Waals surface area contributed by atoms with Crippen molar-refractivity contribution in [1.29, 1.82) is 0 Å². The highest BCUT2D eigenvalue weighted by molar-refractivity contribution is 5.92. The number of likely N-dealkylation sites (tertiary alicyclic amines) is 1. The molecule has 27 heavy (non-hydrogen) atoms. The summed E-state index contributed by atoms with van der Waals surface area (Å²) in [5.41, 5.74) is 1.53. The molecule has 146 valence electrons. The Morgan fingerprint density at radius 2 is 2.15 bits per heavy atom. The lowest BCUT2D eigenvalue weighted by atomic mass is 10.1. The number of rotatable bonds is 7. The van der Waals surface area contributed by atoms with E-state index in [2.05, 4.69) is 15.5 Å². The number of carbonyl (C=O) groups is 2. The Morgan fingerprint density at radius 3 is 2.93 bits per heavy atom. The zero-order chi connectivity index (χ0) is 19.4. The third-order valence-corrected chi connectivity index (χ3v) is 4.90. The van der Waals surface area contributed by atoms with Crippen molar-refractivity contribution in [3.8, 4) is 0 Å². The highest BCUT2D eigenvalue weighted by Gasteiger charge is 2.30. The summed E-state index contributed by atoms with van der Waals surface area (Å²) in [7, 11) is 4.01. The zero-order valence-corrected chi connectivity index (χ0v) is 16.2. The second-order valence-corrected chi connectivity index (χ2v) is 7.36. The maximum absolute atomic E-state index is 12.2. The lowest BCUT2D eigenvalue weighted by molar-refractivity contribution is -0.129. The number of hydrogen-bond acceptors (Lipinski definition) is 4. The summed E-state index contributed by atoms with van der Waals surface area (Å²) >= 11 is 0. The lowest BCUT2D eigenvalue weighted by Crippen LogP contribution is -2.40. The molecule has 7 nitrogen and oxygen atoms in total. The van der Waals surface area contributed by atoms with E-state index in [1.54, 1.807) is 0 Å². The summed E-state index contributed by atoms with van der Waals surface area (Å²) in [6.07, 6.45) is 2.24. The number of furan rings is 1. The van der Waals surface area contributed by atoms with Crippen LogP contribution in [0.5, 0.6) is 0 Å². The number of nitrogens with one attached hydrogen (secondary N) is 2. The summed E-state index contributed by atoms with van der Waals surface area (Å²) in [6.45, 7) is 4.03. The largest absolute Gasteiger partial charge is 0.461 e. The molecule has 2 heterocycles. The van der Waals surface area contributed by atoms with Crippen LogP contribution >= 0.6 is 0 Å². The molecule has 2 N–H and O–H groups in total. The van der Waals surface area contributed by atoms with Gasteiger partial charge in [-0.05, 0) is 58.1 Å². The van der Waals surface area contributed by atoms with Crippen LogP contribution in [0.4, 0.5) is 10.5 Å². The van der Waals surface area contributed by atoms with Crippen LogP contribution in [0, 0.1) is 6.92 Å². The van der Waals surface area contributed by atoms with E-state index >= 15 is 0 Å². The minimum Gasteiger partial charge on any atom is -0.461 e. The molecule has 1 aromatic carbocycles. The molecule has 0 aliphatic carbocycles. The first-order valence-electron chi connectivity index (χ1n) is 9.41. The monoisotopic (exact) mass is 372 g/mol. The molecule has 0 radical (unpaired) electrons. The van der Waals surface area contributed by atoms with Gasteiger partial charge in [0.15, 0.2) is 0 Å². The molecule has 1 aliphatic heterocycles. The van der Waals surface area contributed by atoms with Gasteiger partial charge in [-0.2, -0.15) is 0 Å².